The minimum Gasteiger partial charge on any atom is -0.444 e. The summed E-state index contributed by atoms with van der Waals surface area (Å²) in [5.74, 6) is -0.589. The molecule has 3 rings (SSSR count). The Hall–Kier alpha value is -2.86. The van der Waals surface area contributed by atoms with Crippen molar-refractivity contribution in [2.75, 3.05) is 13.1 Å². The van der Waals surface area contributed by atoms with Gasteiger partial charge in [0.25, 0.3) is 0 Å². The Morgan fingerprint density at radius 3 is 2.32 bits per heavy atom. The summed E-state index contributed by atoms with van der Waals surface area (Å²) < 4.78 is 11.7. The molecule has 0 saturated carbocycles. The van der Waals surface area contributed by atoms with Crippen molar-refractivity contribution in [3.05, 3.63) is 73.4 Å². The van der Waals surface area contributed by atoms with Crippen molar-refractivity contribution in [1.82, 2.24) is 9.80 Å². The first kappa shape index (κ1) is 22.8. The Kier molecular flexibility index (Phi) is 7.01. The summed E-state index contributed by atoms with van der Waals surface area (Å²) in [6, 6.07) is 9.37. The number of rotatable bonds is 8. The molecule has 2 heterocycles. The lowest BCUT2D eigenvalue weighted by molar-refractivity contribution is -0.138. The van der Waals surface area contributed by atoms with Gasteiger partial charge in [0.15, 0.2) is 0 Å². The molecule has 31 heavy (non-hydrogen) atoms. The molecule has 1 aromatic carbocycles. The van der Waals surface area contributed by atoms with Crippen molar-refractivity contribution >= 4 is 12.0 Å². The fourth-order valence-electron chi connectivity index (χ4n) is 4.13. The SMILES string of the molecule is C=CCN(Cc1ccccc1)C(=O)[C@H]1[C@H](N(CC=C)C(=O)OC(C)(C)C)[C@H]2C=C[C@@H]1O2. The number of carbonyl (C=O) groups is 2. The van der Waals surface area contributed by atoms with Gasteiger partial charge in [-0.1, -0.05) is 54.6 Å². The van der Waals surface area contributed by atoms with Gasteiger partial charge < -0.3 is 14.4 Å². The summed E-state index contributed by atoms with van der Waals surface area (Å²) in [5, 5.41) is 0. The van der Waals surface area contributed by atoms with Crippen LogP contribution in [0.25, 0.3) is 0 Å². The average molecular weight is 425 g/mol. The lowest BCUT2D eigenvalue weighted by Gasteiger charge is -2.37. The summed E-state index contributed by atoms with van der Waals surface area (Å²) in [7, 11) is 0. The van der Waals surface area contributed by atoms with Gasteiger partial charge in [0.05, 0.1) is 24.2 Å². The molecule has 2 bridgehead atoms. The third kappa shape index (κ3) is 5.25. The van der Waals surface area contributed by atoms with Gasteiger partial charge in [0.2, 0.25) is 5.91 Å². The van der Waals surface area contributed by atoms with Crippen molar-refractivity contribution in [3.63, 3.8) is 0 Å². The number of ether oxygens (including phenoxy) is 2. The van der Waals surface area contributed by atoms with Gasteiger partial charge >= 0.3 is 6.09 Å². The number of nitrogens with zero attached hydrogens (tertiary/aromatic N) is 2. The van der Waals surface area contributed by atoms with Crippen molar-refractivity contribution in [2.24, 2.45) is 5.92 Å². The van der Waals surface area contributed by atoms with E-state index in [0.717, 1.165) is 5.56 Å². The van der Waals surface area contributed by atoms with Crippen LogP contribution in [-0.4, -0.2) is 58.7 Å². The molecule has 0 aromatic heterocycles. The number of amides is 2. The second-order valence-electron chi connectivity index (χ2n) is 8.88. The Morgan fingerprint density at radius 2 is 1.71 bits per heavy atom. The van der Waals surface area contributed by atoms with Crippen LogP contribution < -0.4 is 0 Å². The molecule has 2 amide bonds. The normalized spacial score (nSPS) is 24.0. The van der Waals surface area contributed by atoms with Crippen LogP contribution in [0.5, 0.6) is 0 Å². The third-order valence-corrected chi connectivity index (χ3v) is 5.34. The zero-order valence-corrected chi connectivity index (χ0v) is 18.6. The van der Waals surface area contributed by atoms with E-state index < -0.39 is 23.7 Å². The highest BCUT2D eigenvalue weighted by Gasteiger charge is 2.54. The first-order valence-electron chi connectivity index (χ1n) is 10.6. The zero-order valence-electron chi connectivity index (χ0n) is 18.6. The number of hydrogen-bond acceptors (Lipinski definition) is 4. The van der Waals surface area contributed by atoms with Gasteiger partial charge in [-0.3, -0.25) is 9.69 Å². The van der Waals surface area contributed by atoms with Crippen molar-refractivity contribution < 1.29 is 19.1 Å². The monoisotopic (exact) mass is 424 g/mol. The number of hydrogen-bond donors (Lipinski definition) is 0. The molecule has 6 heteroatoms. The fourth-order valence-corrected chi connectivity index (χ4v) is 4.13. The van der Waals surface area contributed by atoms with Crippen LogP contribution >= 0.6 is 0 Å². The summed E-state index contributed by atoms with van der Waals surface area (Å²) in [5.41, 5.74) is 0.385. The number of benzene rings is 1. The fraction of sp³-hybridized carbons (Fsp3) is 0.440. The Labute approximate surface area is 184 Å². The maximum absolute atomic E-state index is 13.7. The second kappa shape index (κ2) is 9.52. The van der Waals surface area contributed by atoms with Gasteiger partial charge in [-0.05, 0) is 26.3 Å². The van der Waals surface area contributed by atoms with Crippen molar-refractivity contribution in [3.8, 4) is 0 Å². The van der Waals surface area contributed by atoms with E-state index in [1.54, 1.807) is 22.0 Å². The highest BCUT2D eigenvalue weighted by atomic mass is 16.6. The molecule has 0 unspecified atom stereocenters. The third-order valence-electron chi connectivity index (χ3n) is 5.34. The quantitative estimate of drug-likeness (QED) is 0.593. The summed E-state index contributed by atoms with van der Waals surface area (Å²) >= 11 is 0. The van der Waals surface area contributed by atoms with Crippen LogP contribution in [0.3, 0.4) is 0 Å². The minimum absolute atomic E-state index is 0.0665. The van der Waals surface area contributed by atoms with Crippen LogP contribution in [-0.2, 0) is 20.8 Å². The second-order valence-corrected chi connectivity index (χ2v) is 8.88. The summed E-state index contributed by atoms with van der Waals surface area (Å²) in [4.78, 5) is 30.1. The molecular formula is C25H32N2O4. The molecule has 1 fully saturated rings. The summed E-state index contributed by atoms with van der Waals surface area (Å²) in [6.07, 6.45) is 6.00. The minimum atomic E-state index is -0.646. The summed E-state index contributed by atoms with van der Waals surface area (Å²) in [6.45, 7) is 14.2. The predicted octanol–water partition coefficient (Wildman–Crippen LogP) is 3.95. The average Bonchev–Trinajstić information content (AvgIpc) is 3.32. The van der Waals surface area contributed by atoms with Crippen LogP contribution in [0.1, 0.15) is 26.3 Å². The van der Waals surface area contributed by atoms with E-state index in [1.165, 1.54) is 0 Å². The molecule has 4 atom stereocenters. The van der Waals surface area contributed by atoms with E-state index in [2.05, 4.69) is 13.2 Å². The molecule has 0 spiro atoms. The van der Waals surface area contributed by atoms with Crippen LogP contribution in [0.2, 0.25) is 0 Å². The largest absolute Gasteiger partial charge is 0.444 e. The molecule has 0 radical (unpaired) electrons. The zero-order chi connectivity index (χ0) is 22.6. The number of fused-ring (bicyclic) bond motifs is 2. The first-order valence-corrected chi connectivity index (χ1v) is 10.6. The predicted molar refractivity (Wildman–Crippen MR) is 120 cm³/mol. The van der Waals surface area contributed by atoms with E-state index in [-0.39, 0.29) is 24.7 Å². The lowest BCUT2D eigenvalue weighted by atomic mass is 9.86. The molecule has 2 aliphatic heterocycles. The van der Waals surface area contributed by atoms with Crippen molar-refractivity contribution in [1.29, 1.82) is 0 Å². The molecule has 1 aromatic rings. The standard InChI is InChI=1S/C25H32N2O4/c1-6-15-26(17-18-11-9-8-10-12-18)23(28)21-19-13-14-20(30-19)22(21)27(16-7-2)24(29)31-25(3,4)5/h6-14,19-22H,1-2,15-17H2,3-5H3/t19-,20+,21+,22+/m0/s1. The van der Waals surface area contributed by atoms with E-state index in [9.17, 15) is 9.59 Å². The Morgan fingerprint density at radius 1 is 1.06 bits per heavy atom. The van der Waals surface area contributed by atoms with Gasteiger partial charge in [-0.25, -0.2) is 4.79 Å². The van der Waals surface area contributed by atoms with Crippen LogP contribution in [0.4, 0.5) is 4.79 Å². The smallest absolute Gasteiger partial charge is 0.410 e. The lowest BCUT2D eigenvalue weighted by Crippen LogP contribution is -2.54. The van der Waals surface area contributed by atoms with Gasteiger partial charge in [0, 0.05) is 19.6 Å². The van der Waals surface area contributed by atoms with Crippen LogP contribution in [0, 0.1) is 5.92 Å². The Bertz CT molecular complexity index is 843. The molecule has 0 aliphatic carbocycles. The van der Waals surface area contributed by atoms with E-state index in [0.29, 0.717) is 13.1 Å². The van der Waals surface area contributed by atoms with Gasteiger partial charge in [0.1, 0.15) is 5.60 Å². The number of carbonyl (C=O) groups excluding carboxylic acids is 2. The molecular weight excluding hydrogens is 392 g/mol. The van der Waals surface area contributed by atoms with Gasteiger partial charge in [-0.15, -0.1) is 13.2 Å². The van der Waals surface area contributed by atoms with Crippen molar-refractivity contribution in [2.45, 2.75) is 51.2 Å². The molecule has 1 saturated heterocycles. The maximum Gasteiger partial charge on any atom is 0.410 e. The maximum atomic E-state index is 13.7. The van der Waals surface area contributed by atoms with E-state index in [1.807, 2.05) is 63.3 Å². The first-order chi connectivity index (χ1) is 14.7. The van der Waals surface area contributed by atoms with E-state index >= 15 is 0 Å². The van der Waals surface area contributed by atoms with E-state index in [4.69, 9.17) is 9.47 Å². The highest BCUT2D eigenvalue weighted by Crippen LogP contribution is 2.39. The molecule has 166 valence electrons. The molecule has 0 N–H and O–H groups in total. The topological polar surface area (TPSA) is 59.1 Å². The van der Waals surface area contributed by atoms with Gasteiger partial charge in [-0.2, -0.15) is 0 Å². The molecule has 6 nitrogen and oxygen atoms in total. The van der Waals surface area contributed by atoms with Crippen LogP contribution in [0.15, 0.2) is 67.8 Å². The molecule has 2 aliphatic rings. The highest BCUT2D eigenvalue weighted by molar-refractivity contribution is 5.83. The Balaban J connectivity index is 1.88.